The van der Waals surface area contributed by atoms with Crippen LogP contribution < -0.4 is 5.32 Å². The number of hydrogen-bond donors (Lipinski definition) is 1. The molecular formula is C9H15N3. The van der Waals surface area contributed by atoms with Crippen molar-refractivity contribution in [3.8, 4) is 0 Å². The Kier molecular flexibility index (Phi) is 1.79. The van der Waals surface area contributed by atoms with Crippen LogP contribution in [0.2, 0.25) is 0 Å². The summed E-state index contributed by atoms with van der Waals surface area (Å²) in [6, 6.07) is 0.702. The van der Waals surface area contributed by atoms with Crippen molar-refractivity contribution in [2.24, 2.45) is 0 Å². The number of aromatic nitrogens is 2. The second kappa shape index (κ2) is 2.81. The van der Waals surface area contributed by atoms with Crippen molar-refractivity contribution in [3.05, 3.63) is 11.9 Å². The van der Waals surface area contributed by atoms with Crippen LogP contribution in [0.3, 0.4) is 0 Å². The van der Waals surface area contributed by atoms with E-state index in [1.165, 1.54) is 19.3 Å². The molecule has 1 fully saturated rings. The Morgan fingerprint density at radius 2 is 2.33 bits per heavy atom. The summed E-state index contributed by atoms with van der Waals surface area (Å²) in [7, 11) is 1.93. The van der Waals surface area contributed by atoms with E-state index in [1.54, 1.807) is 0 Å². The first kappa shape index (κ1) is 7.65. The van der Waals surface area contributed by atoms with E-state index < -0.39 is 0 Å². The van der Waals surface area contributed by atoms with Gasteiger partial charge in [-0.1, -0.05) is 0 Å². The van der Waals surface area contributed by atoms with Crippen LogP contribution in [0.1, 0.15) is 31.0 Å². The molecule has 0 atom stereocenters. The molecule has 1 N–H and O–H groups in total. The Hall–Kier alpha value is -0.990. The average molecular weight is 165 g/mol. The highest BCUT2D eigenvalue weighted by atomic mass is 15.2. The number of nitrogens with zero attached hydrogens (tertiary/aromatic N) is 2. The van der Waals surface area contributed by atoms with Gasteiger partial charge in [-0.15, -0.1) is 0 Å². The lowest BCUT2D eigenvalue weighted by Gasteiger charge is -2.27. The van der Waals surface area contributed by atoms with Gasteiger partial charge in [0, 0.05) is 19.3 Å². The van der Waals surface area contributed by atoms with Gasteiger partial charge in [0.15, 0.2) is 0 Å². The number of hydrogen-bond acceptors (Lipinski definition) is 2. The molecule has 1 saturated carbocycles. The van der Waals surface area contributed by atoms with Crippen LogP contribution in [0.5, 0.6) is 0 Å². The minimum Gasteiger partial charge on any atom is -0.359 e. The van der Waals surface area contributed by atoms with Crippen LogP contribution in [-0.4, -0.2) is 16.6 Å². The van der Waals surface area contributed by atoms with Gasteiger partial charge < -0.3 is 9.88 Å². The minimum absolute atomic E-state index is 0.702. The van der Waals surface area contributed by atoms with Crippen LogP contribution in [0.15, 0.2) is 6.20 Å². The molecule has 0 aliphatic heterocycles. The third-order valence-electron chi connectivity index (χ3n) is 2.54. The largest absolute Gasteiger partial charge is 0.359 e. The van der Waals surface area contributed by atoms with E-state index in [-0.39, 0.29) is 0 Å². The van der Waals surface area contributed by atoms with Gasteiger partial charge >= 0.3 is 0 Å². The predicted octanol–water partition coefficient (Wildman–Crippen LogP) is 1.96. The fourth-order valence-electron chi connectivity index (χ4n) is 1.64. The van der Waals surface area contributed by atoms with E-state index in [0.29, 0.717) is 6.04 Å². The quantitative estimate of drug-likeness (QED) is 0.726. The van der Waals surface area contributed by atoms with Gasteiger partial charge in [0.05, 0.1) is 5.69 Å². The summed E-state index contributed by atoms with van der Waals surface area (Å²) >= 11 is 0. The second-order valence-corrected chi connectivity index (χ2v) is 3.45. The highest BCUT2D eigenvalue weighted by molar-refractivity contribution is 5.28. The van der Waals surface area contributed by atoms with Crippen LogP contribution in [0.25, 0.3) is 0 Å². The van der Waals surface area contributed by atoms with Crippen LogP contribution in [0, 0.1) is 6.92 Å². The molecule has 3 heteroatoms. The molecule has 0 bridgehead atoms. The summed E-state index contributed by atoms with van der Waals surface area (Å²) in [6.45, 7) is 2.04. The summed E-state index contributed by atoms with van der Waals surface area (Å²) in [4.78, 5) is 4.38. The fourth-order valence-corrected chi connectivity index (χ4v) is 1.64. The first-order chi connectivity index (χ1) is 5.81. The fraction of sp³-hybridized carbons (Fsp3) is 0.667. The summed E-state index contributed by atoms with van der Waals surface area (Å²) in [5.41, 5.74) is 1.10. The summed E-state index contributed by atoms with van der Waals surface area (Å²) in [6.07, 6.45) is 6.12. The van der Waals surface area contributed by atoms with Crippen molar-refractivity contribution in [1.82, 2.24) is 9.55 Å². The number of anilines is 1. The Balaban J connectivity index is 2.27. The molecule has 12 heavy (non-hydrogen) atoms. The highest BCUT2D eigenvalue weighted by Gasteiger charge is 2.21. The summed E-state index contributed by atoms with van der Waals surface area (Å²) in [5.74, 6) is 1.01. The summed E-state index contributed by atoms with van der Waals surface area (Å²) in [5, 5.41) is 3.12. The molecule has 0 spiro atoms. The molecule has 2 rings (SSSR count). The third kappa shape index (κ3) is 1.09. The van der Waals surface area contributed by atoms with Gasteiger partial charge in [-0.05, 0) is 26.2 Å². The molecule has 0 saturated heterocycles. The molecule has 1 aliphatic rings. The average Bonchev–Trinajstić information content (AvgIpc) is 2.27. The molecule has 0 aromatic carbocycles. The monoisotopic (exact) mass is 165 g/mol. The smallest absolute Gasteiger partial charge is 0.203 e. The Morgan fingerprint density at radius 3 is 2.83 bits per heavy atom. The van der Waals surface area contributed by atoms with Crippen molar-refractivity contribution in [1.29, 1.82) is 0 Å². The van der Waals surface area contributed by atoms with E-state index >= 15 is 0 Å². The maximum Gasteiger partial charge on any atom is 0.203 e. The third-order valence-corrected chi connectivity index (χ3v) is 2.54. The predicted molar refractivity (Wildman–Crippen MR) is 49.4 cm³/mol. The highest BCUT2D eigenvalue weighted by Crippen LogP contribution is 2.33. The first-order valence-electron chi connectivity index (χ1n) is 4.54. The van der Waals surface area contributed by atoms with Crippen molar-refractivity contribution in [2.45, 2.75) is 32.2 Å². The molecule has 0 unspecified atom stereocenters. The van der Waals surface area contributed by atoms with Crippen molar-refractivity contribution < 1.29 is 0 Å². The van der Waals surface area contributed by atoms with E-state index in [2.05, 4.69) is 21.1 Å². The normalized spacial score (nSPS) is 17.5. The van der Waals surface area contributed by atoms with Gasteiger partial charge in [-0.25, -0.2) is 4.98 Å². The van der Waals surface area contributed by atoms with E-state index in [9.17, 15) is 0 Å². The zero-order valence-corrected chi connectivity index (χ0v) is 7.67. The lowest BCUT2D eigenvalue weighted by atomic mass is 9.93. The standard InChI is InChI=1S/C9H15N3/c1-7-6-12(8-4-3-5-8)9(10-2)11-7/h6,8H,3-5H2,1-2H3,(H,10,11). The van der Waals surface area contributed by atoms with Crippen molar-refractivity contribution in [2.75, 3.05) is 12.4 Å². The number of rotatable bonds is 2. The summed E-state index contributed by atoms with van der Waals surface area (Å²) < 4.78 is 2.26. The molecule has 1 aromatic rings. The van der Waals surface area contributed by atoms with E-state index in [1.807, 2.05) is 14.0 Å². The van der Waals surface area contributed by atoms with Crippen LogP contribution >= 0.6 is 0 Å². The van der Waals surface area contributed by atoms with Crippen LogP contribution in [0.4, 0.5) is 5.95 Å². The number of imidazole rings is 1. The van der Waals surface area contributed by atoms with Gasteiger partial charge in [0.2, 0.25) is 5.95 Å². The second-order valence-electron chi connectivity index (χ2n) is 3.45. The molecule has 0 amide bonds. The van der Waals surface area contributed by atoms with Gasteiger partial charge in [-0.3, -0.25) is 0 Å². The Labute approximate surface area is 72.8 Å². The number of nitrogens with one attached hydrogen (secondary N) is 1. The van der Waals surface area contributed by atoms with E-state index in [4.69, 9.17) is 0 Å². The minimum atomic E-state index is 0.702. The van der Waals surface area contributed by atoms with Gasteiger partial charge in [-0.2, -0.15) is 0 Å². The zero-order valence-electron chi connectivity index (χ0n) is 7.67. The maximum atomic E-state index is 4.38. The Morgan fingerprint density at radius 1 is 1.58 bits per heavy atom. The lowest BCUT2D eigenvalue weighted by Crippen LogP contribution is -2.17. The van der Waals surface area contributed by atoms with E-state index in [0.717, 1.165) is 11.6 Å². The zero-order chi connectivity index (χ0) is 8.55. The topological polar surface area (TPSA) is 29.9 Å². The number of aryl methyl sites for hydroxylation is 1. The molecule has 66 valence electrons. The first-order valence-corrected chi connectivity index (χ1v) is 4.54. The lowest BCUT2D eigenvalue weighted by molar-refractivity contribution is 0.316. The Bertz CT molecular complexity index is 273. The van der Waals surface area contributed by atoms with Gasteiger partial charge in [0.1, 0.15) is 0 Å². The molecule has 3 nitrogen and oxygen atoms in total. The van der Waals surface area contributed by atoms with Crippen LogP contribution in [-0.2, 0) is 0 Å². The van der Waals surface area contributed by atoms with Crippen molar-refractivity contribution in [3.63, 3.8) is 0 Å². The molecular weight excluding hydrogens is 150 g/mol. The SMILES string of the molecule is CNc1nc(C)cn1C1CCC1. The maximum absolute atomic E-state index is 4.38. The molecule has 0 radical (unpaired) electrons. The molecule has 1 aliphatic carbocycles. The van der Waals surface area contributed by atoms with Gasteiger partial charge in [0.25, 0.3) is 0 Å². The van der Waals surface area contributed by atoms with Crippen molar-refractivity contribution >= 4 is 5.95 Å². The molecule has 1 aromatic heterocycles. The molecule has 1 heterocycles.